The lowest BCUT2D eigenvalue weighted by Crippen LogP contribution is -2.33. The summed E-state index contributed by atoms with van der Waals surface area (Å²) in [6, 6.07) is 13.4. The van der Waals surface area contributed by atoms with Gasteiger partial charge in [-0.05, 0) is 37.3 Å². The van der Waals surface area contributed by atoms with E-state index in [1.807, 2.05) is 19.1 Å². The average Bonchev–Trinajstić information content (AvgIpc) is 2.62. The lowest BCUT2D eigenvalue weighted by molar-refractivity contribution is -0.116. The average molecular weight is 390 g/mol. The third kappa shape index (κ3) is 5.82. The first-order chi connectivity index (χ1) is 12.7. The van der Waals surface area contributed by atoms with E-state index in [1.165, 1.54) is 19.2 Å². The molecule has 1 N–H and O–H groups in total. The highest BCUT2D eigenvalue weighted by atomic mass is 32.2. The molecule has 0 aliphatic rings. The van der Waals surface area contributed by atoms with Crippen LogP contribution in [0, 0.1) is 6.92 Å². The molecule has 0 aliphatic heterocycles. The standard InChI is InChI=1S/C19H22N2O5S/c1-14-7-9-16(10-8-14)20-18(22)11-12-21(27(3,24)25)17-6-4-5-15(13-17)19(23)26-2/h4-10,13H,11-12H2,1-3H3,(H,20,22). The summed E-state index contributed by atoms with van der Waals surface area (Å²) in [7, 11) is -2.39. The molecule has 2 aromatic carbocycles. The van der Waals surface area contributed by atoms with E-state index in [4.69, 9.17) is 0 Å². The van der Waals surface area contributed by atoms with Crippen LogP contribution in [0.4, 0.5) is 11.4 Å². The van der Waals surface area contributed by atoms with E-state index >= 15 is 0 Å². The van der Waals surface area contributed by atoms with Gasteiger partial charge in [0.05, 0.1) is 24.6 Å². The van der Waals surface area contributed by atoms with E-state index in [0.29, 0.717) is 11.4 Å². The number of aryl methyl sites for hydroxylation is 1. The van der Waals surface area contributed by atoms with Crippen LogP contribution in [0.5, 0.6) is 0 Å². The van der Waals surface area contributed by atoms with Gasteiger partial charge in [-0.15, -0.1) is 0 Å². The van der Waals surface area contributed by atoms with Crippen LogP contribution in [0.15, 0.2) is 48.5 Å². The molecule has 2 rings (SSSR count). The van der Waals surface area contributed by atoms with Crippen molar-refractivity contribution >= 4 is 33.3 Å². The first-order valence-corrected chi connectivity index (χ1v) is 10.1. The van der Waals surface area contributed by atoms with Crippen LogP contribution in [0.2, 0.25) is 0 Å². The number of hydrogen-bond acceptors (Lipinski definition) is 5. The molecule has 0 heterocycles. The van der Waals surface area contributed by atoms with E-state index in [0.717, 1.165) is 16.1 Å². The van der Waals surface area contributed by atoms with E-state index in [2.05, 4.69) is 10.1 Å². The van der Waals surface area contributed by atoms with Gasteiger partial charge in [-0.2, -0.15) is 0 Å². The summed E-state index contributed by atoms with van der Waals surface area (Å²) in [6.45, 7) is 1.89. The predicted molar refractivity (Wildman–Crippen MR) is 104 cm³/mol. The molecular weight excluding hydrogens is 368 g/mol. The molecule has 8 heteroatoms. The summed E-state index contributed by atoms with van der Waals surface area (Å²) in [5.41, 5.74) is 2.24. The summed E-state index contributed by atoms with van der Waals surface area (Å²) in [6.07, 6.45) is 1.01. The Morgan fingerprint density at radius 3 is 2.37 bits per heavy atom. The molecule has 144 valence electrons. The van der Waals surface area contributed by atoms with Gasteiger partial charge in [-0.25, -0.2) is 13.2 Å². The molecule has 0 aliphatic carbocycles. The number of hydrogen-bond donors (Lipinski definition) is 1. The first-order valence-electron chi connectivity index (χ1n) is 8.23. The molecule has 0 fully saturated rings. The topological polar surface area (TPSA) is 92.8 Å². The molecule has 0 saturated heterocycles. The molecule has 0 unspecified atom stereocenters. The zero-order chi connectivity index (χ0) is 20.0. The highest BCUT2D eigenvalue weighted by molar-refractivity contribution is 7.92. The summed E-state index contributed by atoms with van der Waals surface area (Å²) in [5.74, 6) is -0.876. The number of carbonyl (C=O) groups is 2. The van der Waals surface area contributed by atoms with Crippen LogP contribution in [0.3, 0.4) is 0 Å². The van der Waals surface area contributed by atoms with Crippen molar-refractivity contribution in [2.45, 2.75) is 13.3 Å². The van der Waals surface area contributed by atoms with E-state index in [1.54, 1.807) is 24.3 Å². The number of carbonyl (C=O) groups excluding carboxylic acids is 2. The third-order valence-electron chi connectivity index (χ3n) is 3.83. The van der Waals surface area contributed by atoms with Gasteiger partial charge in [0.1, 0.15) is 0 Å². The Kier molecular flexibility index (Phi) is 6.57. The Bertz CT molecular complexity index is 923. The Labute approximate surface area is 159 Å². The maximum Gasteiger partial charge on any atom is 0.337 e. The number of sulfonamides is 1. The molecule has 7 nitrogen and oxygen atoms in total. The zero-order valence-electron chi connectivity index (χ0n) is 15.4. The lowest BCUT2D eigenvalue weighted by Gasteiger charge is -2.22. The van der Waals surface area contributed by atoms with Crippen LogP contribution in [-0.2, 0) is 19.6 Å². The van der Waals surface area contributed by atoms with Crippen molar-refractivity contribution in [3.05, 3.63) is 59.7 Å². The molecule has 0 aromatic heterocycles. The summed E-state index contributed by atoms with van der Waals surface area (Å²) in [5, 5.41) is 2.73. The number of rotatable bonds is 7. The third-order valence-corrected chi connectivity index (χ3v) is 5.03. The monoisotopic (exact) mass is 390 g/mol. The molecule has 0 saturated carbocycles. The quantitative estimate of drug-likeness (QED) is 0.734. The van der Waals surface area contributed by atoms with Crippen LogP contribution in [-0.4, -0.2) is 40.2 Å². The summed E-state index contributed by atoms with van der Waals surface area (Å²) in [4.78, 5) is 23.9. The molecule has 0 spiro atoms. The van der Waals surface area contributed by atoms with Crippen LogP contribution >= 0.6 is 0 Å². The van der Waals surface area contributed by atoms with E-state index < -0.39 is 16.0 Å². The summed E-state index contributed by atoms with van der Waals surface area (Å²) < 4.78 is 30.1. The van der Waals surface area contributed by atoms with Crippen molar-refractivity contribution in [2.75, 3.05) is 29.5 Å². The SMILES string of the molecule is COC(=O)c1cccc(N(CCC(=O)Nc2ccc(C)cc2)S(C)(=O)=O)c1. The lowest BCUT2D eigenvalue weighted by atomic mass is 10.2. The Morgan fingerprint density at radius 2 is 1.78 bits per heavy atom. The normalized spacial score (nSPS) is 10.9. The van der Waals surface area contributed by atoms with Gasteiger partial charge in [-0.1, -0.05) is 23.8 Å². The smallest absolute Gasteiger partial charge is 0.337 e. The van der Waals surface area contributed by atoms with E-state index in [9.17, 15) is 18.0 Å². The molecule has 1 amide bonds. The Hall–Kier alpha value is -2.87. The van der Waals surface area contributed by atoms with Gasteiger partial charge in [0.2, 0.25) is 15.9 Å². The summed E-state index contributed by atoms with van der Waals surface area (Å²) >= 11 is 0. The fraction of sp³-hybridized carbons (Fsp3) is 0.263. The minimum atomic E-state index is -3.64. The number of benzene rings is 2. The number of esters is 1. The van der Waals surface area contributed by atoms with Crippen molar-refractivity contribution in [2.24, 2.45) is 0 Å². The van der Waals surface area contributed by atoms with Gasteiger partial charge in [-0.3, -0.25) is 9.10 Å². The highest BCUT2D eigenvalue weighted by Crippen LogP contribution is 2.20. The number of nitrogens with zero attached hydrogens (tertiary/aromatic N) is 1. The van der Waals surface area contributed by atoms with Crippen molar-refractivity contribution in [1.82, 2.24) is 0 Å². The number of amides is 1. The maximum atomic E-state index is 12.2. The van der Waals surface area contributed by atoms with Crippen molar-refractivity contribution < 1.29 is 22.7 Å². The Balaban J connectivity index is 2.12. The maximum absolute atomic E-state index is 12.2. The van der Waals surface area contributed by atoms with Crippen LogP contribution in [0.1, 0.15) is 22.3 Å². The zero-order valence-corrected chi connectivity index (χ0v) is 16.2. The fourth-order valence-corrected chi connectivity index (χ4v) is 3.38. The van der Waals surface area contributed by atoms with Crippen molar-refractivity contribution in [3.63, 3.8) is 0 Å². The predicted octanol–water partition coefficient (Wildman–Crippen LogP) is 2.58. The van der Waals surface area contributed by atoms with Gasteiger partial charge in [0.25, 0.3) is 0 Å². The minimum Gasteiger partial charge on any atom is -0.465 e. The van der Waals surface area contributed by atoms with Gasteiger partial charge in [0.15, 0.2) is 0 Å². The molecule has 2 aromatic rings. The van der Waals surface area contributed by atoms with Crippen LogP contribution in [0.25, 0.3) is 0 Å². The van der Waals surface area contributed by atoms with Crippen molar-refractivity contribution in [1.29, 1.82) is 0 Å². The van der Waals surface area contributed by atoms with Gasteiger partial charge in [0, 0.05) is 18.7 Å². The Morgan fingerprint density at radius 1 is 1.11 bits per heavy atom. The van der Waals surface area contributed by atoms with Crippen LogP contribution < -0.4 is 9.62 Å². The van der Waals surface area contributed by atoms with Gasteiger partial charge < -0.3 is 10.1 Å². The molecule has 0 atom stereocenters. The number of methoxy groups -OCH3 is 1. The highest BCUT2D eigenvalue weighted by Gasteiger charge is 2.20. The second-order valence-corrected chi connectivity index (χ2v) is 7.95. The number of anilines is 2. The molecular formula is C19H22N2O5S. The van der Waals surface area contributed by atoms with Crippen molar-refractivity contribution in [3.8, 4) is 0 Å². The number of nitrogens with one attached hydrogen (secondary N) is 1. The second kappa shape index (κ2) is 8.68. The second-order valence-electron chi connectivity index (χ2n) is 6.04. The fourth-order valence-electron chi connectivity index (χ4n) is 2.46. The molecule has 0 bridgehead atoms. The van der Waals surface area contributed by atoms with E-state index in [-0.39, 0.29) is 24.4 Å². The largest absolute Gasteiger partial charge is 0.465 e. The minimum absolute atomic E-state index is 0.0383. The first kappa shape index (κ1) is 20.4. The molecule has 27 heavy (non-hydrogen) atoms. The van der Waals surface area contributed by atoms with Gasteiger partial charge >= 0.3 is 5.97 Å². The number of ether oxygens (including phenoxy) is 1. The molecule has 0 radical (unpaired) electrons.